The number of amides is 1. The fourth-order valence-corrected chi connectivity index (χ4v) is 1.71. The molecular weight excluding hydrogens is 261 g/mol. The monoisotopic (exact) mass is 275 g/mol. The number of nitrogens with one attached hydrogen (secondary N) is 2. The van der Waals surface area contributed by atoms with E-state index in [-0.39, 0.29) is 5.56 Å². The molecule has 6 heteroatoms. The first-order valence-electron chi connectivity index (χ1n) is 5.92. The molecule has 0 unspecified atom stereocenters. The van der Waals surface area contributed by atoms with Crippen LogP contribution in [0.2, 0.25) is 0 Å². The molecule has 0 atom stereocenters. The number of ether oxygens (including phenoxy) is 1. The molecule has 0 aliphatic carbocycles. The van der Waals surface area contributed by atoms with Gasteiger partial charge in [-0.1, -0.05) is 6.07 Å². The summed E-state index contributed by atoms with van der Waals surface area (Å²) in [5.74, 6) is -0.0878. The van der Waals surface area contributed by atoms with E-state index in [1.165, 1.54) is 7.11 Å². The fraction of sp³-hybridized carbons (Fsp3) is 0.143. The van der Waals surface area contributed by atoms with Crippen molar-refractivity contribution < 1.29 is 13.9 Å². The van der Waals surface area contributed by atoms with Crippen LogP contribution >= 0.6 is 0 Å². The maximum atomic E-state index is 13.2. The van der Waals surface area contributed by atoms with Crippen LogP contribution in [0.5, 0.6) is 5.75 Å². The van der Waals surface area contributed by atoms with E-state index in [9.17, 15) is 9.18 Å². The zero-order chi connectivity index (χ0) is 14.5. The van der Waals surface area contributed by atoms with Gasteiger partial charge < -0.3 is 15.4 Å². The number of benzene rings is 1. The van der Waals surface area contributed by atoms with Crippen molar-refractivity contribution in [3.05, 3.63) is 47.9 Å². The van der Waals surface area contributed by atoms with Gasteiger partial charge in [-0.15, -0.1) is 0 Å². The minimum Gasteiger partial charge on any atom is -0.497 e. The molecule has 1 heterocycles. The van der Waals surface area contributed by atoms with Crippen molar-refractivity contribution in [1.82, 2.24) is 4.98 Å². The van der Waals surface area contributed by atoms with E-state index in [0.29, 0.717) is 17.3 Å². The van der Waals surface area contributed by atoms with Crippen molar-refractivity contribution in [3.63, 3.8) is 0 Å². The topological polar surface area (TPSA) is 63.2 Å². The molecule has 1 aromatic heterocycles. The maximum absolute atomic E-state index is 13.2. The normalized spacial score (nSPS) is 9.95. The zero-order valence-electron chi connectivity index (χ0n) is 11.1. The minimum atomic E-state index is -0.570. The molecule has 0 saturated heterocycles. The quantitative estimate of drug-likeness (QED) is 0.900. The predicted molar refractivity (Wildman–Crippen MR) is 74.7 cm³/mol. The number of carbonyl (C=O) groups is 1. The van der Waals surface area contributed by atoms with Crippen molar-refractivity contribution >= 4 is 17.4 Å². The van der Waals surface area contributed by atoms with Gasteiger partial charge in [0.1, 0.15) is 17.4 Å². The van der Waals surface area contributed by atoms with Crippen LogP contribution in [0.3, 0.4) is 0 Å². The molecule has 0 spiro atoms. The van der Waals surface area contributed by atoms with E-state index in [0.717, 1.165) is 12.3 Å². The standard InChI is InChI=1S/C14H14FN3O2/c1-16-13-12(6-9(15)8-17-13)14(19)18-10-4-3-5-11(7-10)20-2/h3-8H,1-2H3,(H,16,17)(H,18,19). The van der Waals surface area contributed by atoms with Gasteiger partial charge in [-0.3, -0.25) is 4.79 Å². The second kappa shape index (κ2) is 6.01. The summed E-state index contributed by atoms with van der Waals surface area (Å²) in [6.07, 6.45) is 1.05. The lowest BCUT2D eigenvalue weighted by molar-refractivity contribution is 0.102. The number of aromatic nitrogens is 1. The fourth-order valence-electron chi connectivity index (χ4n) is 1.71. The second-order valence-electron chi connectivity index (χ2n) is 3.99. The SMILES string of the molecule is CNc1ncc(F)cc1C(=O)Nc1cccc(OC)c1. The Balaban J connectivity index is 2.25. The van der Waals surface area contributed by atoms with E-state index in [4.69, 9.17) is 4.74 Å². The number of halogens is 1. The van der Waals surface area contributed by atoms with Crippen LogP contribution in [0.25, 0.3) is 0 Å². The second-order valence-corrected chi connectivity index (χ2v) is 3.99. The molecule has 2 rings (SSSR count). The Bertz CT molecular complexity index is 632. The third-order valence-electron chi connectivity index (χ3n) is 2.66. The molecule has 0 fully saturated rings. The van der Waals surface area contributed by atoms with Crippen LogP contribution in [0.1, 0.15) is 10.4 Å². The third kappa shape index (κ3) is 3.03. The summed E-state index contributed by atoms with van der Waals surface area (Å²) in [4.78, 5) is 16.0. The number of hydrogen-bond acceptors (Lipinski definition) is 4. The first kappa shape index (κ1) is 13.8. The van der Waals surface area contributed by atoms with Gasteiger partial charge in [0.2, 0.25) is 0 Å². The predicted octanol–water partition coefficient (Wildman–Crippen LogP) is 2.52. The van der Waals surface area contributed by atoms with E-state index in [2.05, 4.69) is 15.6 Å². The molecule has 0 aliphatic rings. The van der Waals surface area contributed by atoms with E-state index >= 15 is 0 Å². The zero-order valence-corrected chi connectivity index (χ0v) is 11.1. The Kier molecular flexibility index (Phi) is 4.14. The average molecular weight is 275 g/mol. The van der Waals surface area contributed by atoms with E-state index < -0.39 is 11.7 Å². The van der Waals surface area contributed by atoms with Crippen molar-refractivity contribution in [3.8, 4) is 5.75 Å². The molecule has 5 nitrogen and oxygen atoms in total. The maximum Gasteiger partial charge on any atom is 0.259 e. The Hall–Kier alpha value is -2.63. The van der Waals surface area contributed by atoms with Crippen molar-refractivity contribution in [2.75, 3.05) is 24.8 Å². The highest BCUT2D eigenvalue weighted by molar-refractivity contribution is 6.07. The highest BCUT2D eigenvalue weighted by Crippen LogP contribution is 2.19. The minimum absolute atomic E-state index is 0.135. The largest absolute Gasteiger partial charge is 0.497 e. The van der Waals surface area contributed by atoms with Gasteiger partial charge in [-0.2, -0.15) is 0 Å². The number of nitrogens with zero attached hydrogens (tertiary/aromatic N) is 1. The first-order chi connectivity index (χ1) is 9.63. The Morgan fingerprint density at radius 1 is 1.35 bits per heavy atom. The Morgan fingerprint density at radius 2 is 2.15 bits per heavy atom. The molecule has 2 aromatic rings. The Labute approximate surface area is 115 Å². The number of pyridine rings is 1. The van der Waals surface area contributed by atoms with E-state index in [1.807, 2.05) is 0 Å². The summed E-state index contributed by atoms with van der Waals surface area (Å²) >= 11 is 0. The molecule has 0 radical (unpaired) electrons. The van der Waals surface area contributed by atoms with Crippen LogP contribution in [-0.4, -0.2) is 25.0 Å². The lowest BCUT2D eigenvalue weighted by Crippen LogP contribution is -2.15. The number of rotatable bonds is 4. The highest BCUT2D eigenvalue weighted by Gasteiger charge is 2.13. The number of carbonyl (C=O) groups excluding carboxylic acids is 1. The number of methoxy groups -OCH3 is 1. The molecule has 0 bridgehead atoms. The molecule has 0 saturated carbocycles. The molecule has 104 valence electrons. The highest BCUT2D eigenvalue weighted by atomic mass is 19.1. The van der Waals surface area contributed by atoms with Crippen LogP contribution in [0, 0.1) is 5.82 Å². The summed E-state index contributed by atoms with van der Waals surface area (Å²) in [6.45, 7) is 0. The van der Waals surface area contributed by atoms with Crippen LogP contribution in [0.15, 0.2) is 36.5 Å². The molecular formula is C14H14FN3O2. The smallest absolute Gasteiger partial charge is 0.259 e. The Morgan fingerprint density at radius 3 is 2.85 bits per heavy atom. The summed E-state index contributed by atoms with van der Waals surface area (Å²) in [5, 5.41) is 5.42. The molecule has 20 heavy (non-hydrogen) atoms. The van der Waals surface area contributed by atoms with Crippen LogP contribution in [-0.2, 0) is 0 Å². The summed E-state index contributed by atoms with van der Waals surface area (Å²) in [5.41, 5.74) is 0.691. The first-order valence-corrected chi connectivity index (χ1v) is 5.92. The van der Waals surface area contributed by atoms with Crippen molar-refractivity contribution in [1.29, 1.82) is 0 Å². The van der Waals surface area contributed by atoms with E-state index in [1.54, 1.807) is 31.3 Å². The van der Waals surface area contributed by atoms with Gasteiger partial charge in [0.25, 0.3) is 5.91 Å². The van der Waals surface area contributed by atoms with Gasteiger partial charge in [-0.05, 0) is 18.2 Å². The molecule has 1 amide bonds. The van der Waals surface area contributed by atoms with Gasteiger partial charge >= 0.3 is 0 Å². The molecule has 1 aromatic carbocycles. The number of anilines is 2. The summed E-state index contributed by atoms with van der Waals surface area (Å²) < 4.78 is 18.3. The van der Waals surface area contributed by atoms with Crippen LogP contribution in [0.4, 0.5) is 15.9 Å². The van der Waals surface area contributed by atoms with Crippen molar-refractivity contribution in [2.24, 2.45) is 0 Å². The summed E-state index contributed by atoms with van der Waals surface area (Å²) in [6, 6.07) is 8.03. The third-order valence-corrected chi connectivity index (χ3v) is 2.66. The van der Waals surface area contributed by atoms with Gasteiger partial charge in [0.15, 0.2) is 0 Å². The lowest BCUT2D eigenvalue weighted by atomic mass is 10.2. The number of hydrogen-bond donors (Lipinski definition) is 2. The van der Waals surface area contributed by atoms with Gasteiger partial charge in [0.05, 0.1) is 18.9 Å². The summed E-state index contributed by atoms with van der Waals surface area (Å²) in [7, 11) is 3.15. The lowest BCUT2D eigenvalue weighted by Gasteiger charge is -2.10. The average Bonchev–Trinajstić information content (AvgIpc) is 2.47. The van der Waals surface area contributed by atoms with Gasteiger partial charge in [-0.25, -0.2) is 9.37 Å². The molecule has 2 N–H and O–H groups in total. The molecule has 0 aliphatic heterocycles. The van der Waals surface area contributed by atoms with Crippen LogP contribution < -0.4 is 15.4 Å². The van der Waals surface area contributed by atoms with Crippen molar-refractivity contribution in [2.45, 2.75) is 0 Å². The van der Waals surface area contributed by atoms with Gasteiger partial charge in [0, 0.05) is 18.8 Å².